The lowest BCUT2D eigenvalue weighted by Crippen LogP contribution is -2.30. The van der Waals surface area contributed by atoms with Crippen LogP contribution in [-0.2, 0) is 9.59 Å². The van der Waals surface area contributed by atoms with Gasteiger partial charge in [-0.2, -0.15) is 0 Å². The zero-order chi connectivity index (χ0) is 20.3. The molecule has 146 valence electrons. The molecule has 1 N–H and O–H groups in total. The number of Topliss-reactive ketones (excluding diaryl/α,β-unsaturated/α-hetero) is 1. The molecule has 1 aliphatic heterocycles. The number of nitrogens with zero attached hydrogens (tertiary/aromatic N) is 2. The van der Waals surface area contributed by atoms with Crippen LogP contribution in [0.2, 0.25) is 0 Å². The second kappa shape index (κ2) is 8.12. The van der Waals surface area contributed by atoms with Gasteiger partial charge in [0.05, 0.1) is 31.1 Å². The molecule has 1 aliphatic rings. The highest BCUT2D eigenvalue weighted by atomic mass is 16.5. The summed E-state index contributed by atoms with van der Waals surface area (Å²) in [6, 6.07) is 9.37. The molecular weight excluding hydrogens is 360 g/mol. The third kappa shape index (κ3) is 3.31. The van der Waals surface area contributed by atoms with Gasteiger partial charge >= 0.3 is 0 Å². The molecule has 1 aromatic heterocycles. The number of methoxy groups -OCH3 is 2. The van der Waals surface area contributed by atoms with E-state index in [2.05, 4.69) is 4.98 Å². The van der Waals surface area contributed by atoms with E-state index in [9.17, 15) is 14.7 Å². The lowest BCUT2D eigenvalue weighted by Gasteiger charge is -2.24. The smallest absolute Gasteiger partial charge is 0.295 e. The summed E-state index contributed by atoms with van der Waals surface area (Å²) in [6.45, 7) is 2.29. The van der Waals surface area contributed by atoms with Crippen LogP contribution in [0.3, 0.4) is 0 Å². The zero-order valence-corrected chi connectivity index (χ0v) is 16.0. The zero-order valence-electron chi connectivity index (χ0n) is 16.0. The van der Waals surface area contributed by atoms with E-state index in [0.717, 1.165) is 0 Å². The van der Waals surface area contributed by atoms with Gasteiger partial charge in [-0.25, -0.2) is 0 Å². The number of aromatic nitrogens is 1. The maximum Gasteiger partial charge on any atom is 0.295 e. The molecule has 2 aromatic rings. The number of carbonyl (C=O) groups is 2. The first kappa shape index (κ1) is 19.4. The molecule has 1 amide bonds. The first-order chi connectivity index (χ1) is 13.5. The van der Waals surface area contributed by atoms with Crippen LogP contribution < -0.4 is 9.47 Å². The molecule has 7 nitrogen and oxygen atoms in total. The van der Waals surface area contributed by atoms with Crippen LogP contribution in [0.25, 0.3) is 5.76 Å². The van der Waals surface area contributed by atoms with Crippen molar-refractivity contribution in [1.82, 2.24) is 9.88 Å². The highest BCUT2D eigenvalue weighted by Gasteiger charge is 2.46. The Hall–Kier alpha value is -3.35. The van der Waals surface area contributed by atoms with E-state index in [4.69, 9.17) is 9.47 Å². The fourth-order valence-electron chi connectivity index (χ4n) is 3.34. The predicted octanol–water partition coefficient (Wildman–Crippen LogP) is 2.93. The van der Waals surface area contributed by atoms with Crippen molar-refractivity contribution in [2.45, 2.75) is 19.4 Å². The number of amides is 1. The van der Waals surface area contributed by atoms with E-state index in [0.29, 0.717) is 30.2 Å². The molecule has 7 heteroatoms. The number of likely N-dealkylation sites (tertiary alicyclic amines) is 1. The van der Waals surface area contributed by atoms with Crippen molar-refractivity contribution in [3.63, 3.8) is 0 Å². The fraction of sp³-hybridized carbons (Fsp3) is 0.286. The van der Waals surface area contributed by atoms with Gasteiger partial charge in [0.25, 0.3) is 11.7 Å². The summed E-state index contributed by atoms with van der Waals surface area (Å²) in [7, 11) is 2.96. The molecule has 1 aromatic carbocycles. The Labute approximate surface area is 163 Å². The Bertz CT molecular complexity index is 924. The van der Waals surface area contributed by atoms with Crippen molar-refractivity contribution in [2.24, 2.45) is 0 Å². The number of benzene rings is 1. The number of carbonyl (C=O) groups excluding carboxylic acids is 2. The van der Waals surface area contributed by atoms with Crippen LogP contribution in [0.15, 0.2) is 48.2 Å². The van der Waals surface area contributed by atoms with Gasteiger partial charge in [-0.15, -0.1) is 0 Å². The van der Waals surface area contributed by atoms with Crippen LogP contribution in [0.4, 0.5) is 0 Å². The number of hydrogen-bond acceptors (Lipinski definition) is 6. The van der Waals surface area contributed by atoms with Crippen LogP contribution in [0.1, 0.15) is 30.6 Å². The van der Waals surface area contributed by atoms with Gasteiger partial charge < -0.3 is 19.5 Å². The summed E-state index contributed by atoms with van der Waals surface area (Å²) in [5.74, 6) is -0.866. The molecule has 28 heavy (non-hydrogen) atoms. The summed E-state index contributed by atoms with van der Waals surface area (Å²) >= 11 is 0. The van der Waals surface area contributed by atoms with E-state index in [1.807, 2.05) is 6.92 Å². The number of rotatable bonds is 6. The lowest BCUT2D eigenvalue weighted by molar-refractivity contribution is -0.139. The molecule has 1 fully saturated rings. The molecular formula is C21H22N2O5. The minimum absolute atomic E-state index is 0.0105. The van der Waals surface area contributed by atoms with E-state index in [1.54, 1.807) is 42.6 Å². The first-order valence-corrected chi connectivity index (χ1v) is 8.95. The van der Waals surface area contributed by atoms with Crippen molar-refractivity contribution in [3.05, 3.63) is 59.4 Å². The Morgan fingerprint density at radius 3 is 2.57 bits per heavy atom. The SMILES string of the molecule is CCCN1C(=O)C(=O)/C(=C(/O)c2cc(OC)ccc2OC)C1c1ccccn1. The maximum atomic E-state index is 12.8. The van der Waals surface area contributed by atoms with Crippen LogP contribution in [-0.4, -0.2) is 47.4 Å². The number of ether oxygens (including phenoxy) is 2. The minimum Gasteiger partial charge on any atom is -0.507 e. The molecule has 0 bridgehead atoms. The van der Waals surface area contributed by atoms with Gasteiger partial charge in [0.1, 0.15) is 23.3 Å². The monoisotopic (exact) mass is 382 g/mol. The second-order valence-electron chi connectivity index (χ2n) is 6.31. The highest BCUT2D eigenvalue weighted by molar-refractivity contribution is 6.46. The standard InChI is InChI=1S/C21H22N2O5/c1-4-11-23-18(15-7-5-6-10-22-15)17(20(25)21(23)26)19(24)14-12-13(27-2)8-9-16(14)28-3/h5-10,12,18,24H,4,11H2,1-3H3/b19-17+. The number of ketones is 1. The quantitative estimate of drug-likeness (QED) is 0.469. The third-order valence-electron chi connectivity index (χ3n) is 4.63. The summed E-state index contributed by atoms with van der Waals surface area (Å²) < 4.78 is 10.6. The van der Waals surface area contributed by atoms with Crippen LogP contribution in [0.5, 0.6) is 11.5 Å². The molecule has 1 saturated heterocycles. The van der Waals surface area contributed by atoms with Gasteiger partial charge in [0, 0.05) is 12.7 Å². The van der Waals surface area contributed by atoms with Gasteiger partial charge in [0.2, 0.25) is 0 Å². The number of aliphatic hydroxyl groups excluding tert-OH is 1. The minimum atomic E-state index is -0.767. The van der Waals surface area contributed by atoms with Crippen molar-refractivity contribution < 1.29 is 24.2 Å². The maximum absolute atomic E-state index is 12.8. The largest absolute Gasteiger partial charge is 0.507 e. The van der Waals surface area contributed by atoms with Crippen LogP contribution >= 0.6 is 0 Å². The normalized spacial score (nSPS) is 18.4. The molecule has 3 rings (SSSR count). The lowest BCUT2D eigenvalue weighted by atomic mass is 9.97. The third-order valence-corrected chi connectivity index (χ3v) is 4.63. The average Bonchev–Trinajstić information content (AvgIpc) is 2.98. The van der Waals surface area contributed by atoms with E-state index < -0.39 is 17.7 Å². The first-order valence-electron chi connectivity index (χ1n) is 8.95. The van der Waals surface area contributed by atoms with Crippen LogP contribution in [0, 0.1) is 0 Å². The molecule has 1 unspecified atom stereocenters. The summed E-state index contributed by atoms with van der Waals surface area (Å²) in [5.41, 5.74) is 0.777. The predicted molar refractivity (Wildman–Crippen MR) is 103 cm³/mol. The Morgan fingerprint density at radius 2 is 1.96 bits per heavy atom. The van der Waals surface area contributed by atoms with Crippen molar-refractivity contribution in [3.8, 4) is 11.5 Å². The molecule has 0 radical (unpaired) electrons. The highest BCUT2D eigenvalue weighted by Crippen LogP contribution is 2.40. The fourth-order valence-corrected chi connectivity index (χ4v) is 3.34. The topological polar surface area (TPSA) is 89.0 Å². The van der Waals surface area contributed by atoms with Gasteiger partial charge in [-0.1, -0.05) is 13.0 Å². The van der Waals surface area contributed by atoms with Crippen molar-refractivity contribution >= 4 is 17.4 Å². The van der Waals surface area contributed by atoms with E-state index in [1.165, 1.54) is 19.1 Å². The summed E-state index contributed by atoms with van der Waals surface area (Å²) in [5, 5.41) is 11.1. The number of hydrogen-bond donors (Lipinski definition) is 1. The molecule has 2 heterocycles. The Balaban J connectivity index is 2.24. The summed E-state index contributed by atoms with van der Waals surface area (Å²) in [6.07, 6.45) is 2.26. The molecule has 0 saturated carbocycles. The molecule has 0 spiro atoms. The Kier molecular flexibility index (Phi) is 5.63. The van der Waals surface area contributed by atoms with Gasteiger partial charge in [-0.3, -0.25) is 14.6 Å². The Morgan fingerprint density at radius 1 is 1.18 bits per heavy atom. The summed E-state index contributed by atoms with van der Waals surface area (Å²) in [4.78, 5) is 31.2. The number of pyridine rings is 1. The van der Waals surface area contributed by atoms with E-state index in [-0.39, 0.29) is 16.9 Å². The van der Waals surface area contributed by atoms with Gasteiger partial charge in [0.15, 0.2) is 0 Å². The molecule has 0 aliphatic carbocycles. The van der Waals surface area contributed by atoms with E-state index >= 15 is 0 Å². The van der Waals surface area contributed by atoms with Crippen molar-refractivity contribution in [1.29, 1.82) is 0 Å². The van der Waals surface area contributed by atoms with Gasteiger partial charge in [-0.05, 0) is 36.8 Å². The number of aliphatic hydroxyl groups is 1. The second-order valence-corrected chi connectivity index (χ2v) is 6.31. The molecule has 1 atom stereocenters. The van der Waals surface area contributed by atoms with Crippen molar-refractivity contribution in [2.75, 3.05) is 20.8 Å². The average molecular weight is 382 g/mol.